The van der Waals surface area contributed by atoms with E-state index in [1.165, 1.54) is 47.5 Å². The van der Waals surface area contributed by atoms with Crippen molar-refractivity contribution in [1.82, 2.24) is 19.6 Å². The highest BCUT2D eigenvalue weighted by molar-refractivity contribution is 8.02. The fraction of sp³-hybridized carbons (Fsp3) is 0.286. The zero-order valence-electron chi connectivity index (χ0n) is 12.2. The third-order valence-corrected chi connectivity index (χ3v) is 5.95. The number of hydrogen-bond acceptors (Lipinski definition) is 9. The van der Waals surface area contributed by atoms with E-state index in [-0.39, 0.29) is 0 Å². The second-order valence-electron chi connectivity index (χ2n) is 4.99. The van der Waals surface area contributed by atoms with Gasteiger partial charge in [0.2, 0.25) is 5.13 Å². The normalized spacial score (nSPS) is 14.0. The molecule has 2 heterocycles. The van der Waals surface area contributed by atoms with E-state index in [1.807, 2.05) is 24.3 Å². The SMILES string of the molecule is COc1ccccc1Nc1nnc(Sc2nc(C3CC3)ns2)s1. The Morgan fingerprint density at radius 2 is 2.09 bits per heavy atom. The number of rotatable bonds is 6. The summed E-state index contributed by atoms with van der Waals surface area (Å²) in [6.45, 7) is 0. The van der Waals surface area contributed by atoms with Gasteiger partial charge in [0.05, 0.1) is 12.8 Å². The summed E-state index contributed by atoms with van der Waals surface area (Å²) < 4.78 is 11.5. The monoisotopic (exact) mass is 363 g/mol. The molecule has 118 valence electrons. The van der Waals surface area contributed by atoms with Crippen LogP contribution in [-0.4, -0.2) is 26.7 Å². The third kappa shape index (κ3) is 3.46. The van der Waals surface area contributed by atoms with E-state index < -0.39 is 0 Å². The van der Waals surface area contributed by atoms with E-state index >= 15 is 0 Å². The number of anilines is 2. The molecule has 1 saturated carbocycles. The molecule has 0 radical (unpaired) electrons. The van der Waals surface area contributed by atoms with Crippen molar-refractivity contribution >= 4 is 45.5 Å². The molecule has 2 aromatic heterocycles. The van der Waals surface area contributed by atoms with Crippen LogP contribution >= 0.6 is 34.6 Å². The Morgan fingerprint density at radius 3 is 2.91 bits per heavy atom. The Kier molecular flexibility index (Phi) is 4.15. The summed E-state index contributed by atoms with van der Waals surface area (Å²) in [6.07, 6.45) is 2.43. The van der Waals surface area contributed by atoms with Gasteiger partial charge in [-0.1, -0.05) is 23.5 Å². The van der Waals surface area contributed by atoms with E-state index in [9.17, 15) is 0 Å². The molecule has 0 spiro atoms. The fourth-order valence-corrected chi connectivity index (χ4v) is 4.66. The van der Waals surface area contributed by atoms with Crippen molar-refractivity contribution in [3.63, 3.8) is 0 Å². The second-order valence-corrected chi connectivity index (χ2v) is 8.22. The lowest BCUT2D eigenvalue weighted by Gasteiger charge is -2.07. The molecule has 1 N–H and O–H groups in total. The smallest absolute Gasteiger partial charge is 0.211 e. The van der Waals surface area contributed by atoms with Crippen LogP contribution in [0.2, 0.25) is 0 Å². The lowest BCUT2D eigenvalue weighted by atomic mass is 10.3. The molecular formula is C14H13N5OS3. The van der Waals surface area contributed by atoms with Gasteiger partial charge in [0.1, 0.15) is 11.6 Å². The molecule has 23 heavy (non-hydrogen) atoms. The summed E-state index contributed by atoms with van der Waals surface area (Å²) in [7, 11) is 1.65. The Hall–Kier alpha value is -1.71. The first-order chi connectivity index (χ1) is 11.3. The number of para-hydroxylation sites is 2. The highest BCUT2D eigenvalue weighted by atomic mass is 32.2. The van der Waals surface area contributed by atoms with Crippen LogP contribution in [0.1, 0.15) is 24.6 Å². The second kappa shape index (κ2) is 6.42. The summed E-state index contributed by atoms with van der Waals surface area (Å²) in [4.78, 5) is 4.56. The molecular weight excluding hydrogens is 350 g/mol. The lowest BCUT2D eigenvalue weighted by molar-refractivity contribution is 0.417. The van der Waals surface area contributed by atoms with Crippen molar-refractivity contribution < 1.29 is 4.74 Å². The number of nitrogens with one attached hydrogen (secondary N) is 1. The van der Waals surface area contributed by atoms with Gasteiger partial charge in [-0.3, -0.25) is 0 Å². The van der Waals surface area contributed by atoms with E-state index in [0.29, 0.717) is 5.92 Å². The van der Waals surface area contributed by atoms with Crippen LogP contribution in [0.4, 0.5) is 10.8 Å². The molecule has 0 amide bonds. The van der Waals surface area contributed by atoms with Gasteiger partial charge >= 0.3 is 0 Å². The van der Waals surface area contributed by atoms with Crippen LogP contribution in [-0.2, 0) is 0 Å². The summed E-state index contributed by atoms with van der Waals surface area (Å²) >= 11 is 4.43. The molecule has 9 heteroatoms. The predicted octanol–water partition coefficient (Wildman–Crippen LogP) is 4.17. The van der Waals surface area contributed by atoms with Gasteiger partial charge in [0, 0.05) is 5.92 Å². The van der Waals surface area contributed by atoms with Gasteiger partial charge in [-0.05, 0) is 48.3 Å². The average Bonchev–Trinajstić information content (AvgIpc) is 3.17. The maximum absolute atomic E-state index is 5.32. The van der Waals surface area contributed by atoms with Crippen LogP contribution in [0, 0.1) is 0 Å². The summed E-state index contributed by atoms with van der Waals surface area (Å²) in [6, 6.07) is 7.72. The molecule has 4 rings (SSSR count). The predicted molar refractivity (Wildman–Crippen MR) is 92.2 cm³/mol. The van der Waals surface area contributed by atoms with E-state index in [4.69, 9.17) is 4.74 Å². The minimum atomic E-state index is 0.581. The quantitative estimate of drug-likeness (QED) is 0.704. The third-order valence-electron chi connectivity index (χ3n) is 3.30. The van der Waals surface area contributed by atoms with E-state index in [1.54, 1.807) is 7.11 Å². The Labute approximate surface area is 145 Å². The molecule has 3 aromatic rings. The van der Waals surface area contributed by atoms with Crippen molar-refractivity contribution in [1.29, 1.82) is 0 Å². The van der Waals surface area contributed by atoms with Crippen LogP contribution < -0.4 is 10.1 Å². The number of benzene rings is 1. The van der Waals surface area contributed by atoms with Crippen molar-refractivity contribution in [2.24, 2.45) is 0 Å². The first kappa shape index (κ1) is 14.9. The zero-order chi connectivity index (χ0) is 15.6. The highest BCUT2D eigenvalue weighted by Crippen LogP contribution is 2.41. The zero-order valence-corrected chi connectivity index (χ0v) is 14.7. The highest BCUT2D eigenvalue weighted by Gasteiger charge is 2.28. The minimum absolute atomic E-state index is 0.581. The molecule has 6 nitrogen and oxygen atoms in total. The van der Waals surface area contributed by atoms with Gasteiger partial charge in [-0.15, -0.1) is 10.2 Å². The maximum Gasteiger partial charge on any atom is 0.211 e. The van der Waals surface area contributed by atoms with Crippen LogP contribution in [0.25, 0.3) is 0 Å². The molecule has 0 atom stereocenters. The molecule has 0 bridgehead atoms. The average molecular weight is 363 g/mol. The van der Waals surface area contributed by atoms with Gasteiger partial charge in [-0.2, -0.15) is 4.37 Å². The van der Waals surface area contributed by atoms with Crippen molar-refractivity contribution in [2.45, 2.75) is 27.4 Å². The summed E-state index contributed by atoms with van der Waals surface area (Å²) in [5, 5.41) is 12.3. The van der Waals surface area contributed by atoms with Crippen molar-refractivity contribution in [3.05, 3.63) is 30.1 Å². The van der Waals surface area contributed by atoms with Gasteiger partial charge in [0.25, 0.3) is 0 Å². The summed E-state index contributed by atoms with van der Waals surface area (Å²) in [5.41, 5.74) is 0.870. The van der Waals surface area contributed by atoms with Crippen LogP contribution in [0.15, 0.2) is 32.9 Å². The standard InChI is InChI=1S/C14H13N5OS3/c1-20-10-5-3-2-4-9(10)15-12-17-18-14(21-12)22-13-16-11(19-23-13)8-6-7-8/h2-5,8H,6-7H2,1H3,(H,15,17). The van der Waals surface area contributed by atoms with E-state index in [0.717, 1.165) is 31.1 Å². The molecule has 0 unspecified atom stereocenters. The maximum atomic E-state index is 5.32. The molecule has 0 aliphatic heterocycles. The molecule has 1 aromatic carbocycles. The largest absolute Gasteiger partial charge is 0.495 e. The number of hydrogen-bond donors (Lipinski definition) is 1. The van der Waals surface area contributed by atoms with Gasteiger partial charge < -0.3 is 10.1 Å². The van der Waals surface area contributed by atoms with Crippen LogP contribution in [0.5, 0.6) is 5.75 Å². The Morgan fingerprint density at radius 1 is 1.22 bits per heavy atom. The van der Waals surface area contributed by atoms with Gasteiger partial charge in [0.15, 0.2) is 8.68 Å². The van der Waals surface area contributed by atoms with Gasteiger partial charge in [-0.25, -0.2) is 4.98 Å². The molecule has 0 saturated heterocycles. The van der Waals surface area contributed by atoms with Crippen molar-refractivity contribution in [3.8, 4) is 5.75 Å². The lowest BCUT2D eigenvalue weighted by Crippen LogP contribution is -1.93. The molecule has 1 fully saturated rings. The first-order valence-electron chi connectivity index (χ1n) is 7.07. The molecule has 1 aliphatic rings. The Bertz CT molecular complexity index is 814. The van der Waals surface area contributed by atoms with Crippen molar-refractivity contribution in [2.75, 3.05) is 12.4 Å². The topological polar surface area (TPSA) is 72.8 Å². The number of aromatic nitrogens is 4. The number of nitrogens with zero attached hydrogens (tertiary/aromatic N) is 4. The molecule has 1 aliphatic carbocycles. The van der Waals surface area contributed by atoms with Crippen LogP contribution in [0.3, 0.4) is 0 Å². The number of methoxy groups -OCH3 is 1. The Balaban J connectivity index is 1.45. The summed E-state index contributed by atoms with van der Waals surface area (Å²) in [5.74, 6) is 2.34. The first-order valence-corrected chi connectivity index (χ1v) is 9.47. The van der Waals surface area contributed by atoms with E-state index in [2.05, 4.69) is 24.9 Å². The fourth-order valence-electron chi connectivity index (χ4n) is 2.01. The number of ether oxygens (including phenoxy) is 1. The minimum Gasteiger partial charge on any atom is -0.495 e.